The maximum Gasteiger partial charge on any atom is 0.417 e. The molecule has 2 rings (SSSR count). The van der Waals surface area contributed by atoms with Crippen LogP contribution in [0.4, 0.5) is 13.2 Å². The third-order valence-electron chi connectivity index (χ3n) is 2.92. The van der Waals surface area contributed by atoms with Crippen LogP contribution in [0.25, 0.3) is 0 Å². The number of benzene rings is 2. The molecule has 1 amide bonds. The molecule has 6 heteroatoms. The first-order valence-electron chi connectivity index (χ1n) is 6.44. The number of hydrogen-bond donors (Lipinski definition) is 1. The summed E-state index contributed by atoms with van der Waals surface area (Å²) in [6, 6.07) is 11.8. The van der Waals surface area contributed by atoms with E-state index in [4.69, 9.17) is 0 Å². The summed E-state index contributed by atoms with van der Waals surface area (Å²) >= 11 is 0. The van der Waals surface area contributed by atoms with Crippen LogP contribution in [0.15, 0.2) is 53.6 Å². The van der Waals surface area contributed by atoms with Crippen LogP contribution in [0.1, 0.15) is 27.0 Å². The Morgan fingerprint density at radius 1 is 1.14 bits per heavy atom. The average Bonchev–Trinajstić information content (AvgIpc) is 2.46. The number of carbonyl (C=O) groups excluding carboxylic acids is 1. The molecule has 0 heterocycles. The van der Waals surface area contributed by atoms with Crippen molar-refractivity contribution >= 4 is 12.1 Å². The maximum atomic E-state index is 12.8. The van der Waals surface area contributed by atoms with Gasteiger partial charge in [0.15, 0.2) is 0 Å². The van der Waals surface area contributed by atoms with Gasteiger partial charge in [0, 0.05) is 11.1 Å². The quantitative estimate of drug-likeness (QED) is 0.680. The van der Waals surface area contributed by atoms with Crippen molar-refractivity contribution in [2.45, 2.75) is 13.1 Å². The van der Waals surface area contributed by atoms with E-state index in [1.165, 1.54) is 18.2 Å². The van der Waals surface area contributed by atoms with Gasteiger partial charge in [0.25, 0.3) is 5.91 Å². The van der Waals surface area contributed by atoms with E-state index < -0.39 is 17.6 Å². The Bertz CT molecular complexity index is 709. The molecule has 114 valence electrons. The van der Waals surface area contributed by atoms with Crippen molar-refractivity contribution in [2.24, 2.45) is 5.10 Å². The predicted molar refractivity (Wildman–Crippen MR) is 77.7 cm³/mol. The number of carbonyl (C=O) groups is 1. The Kier molecular flexibility index (Phi) is 4.60. The highest BCUT2D eigenvalue weighted by Gasteiger charge is 2.32. The van der Waals surface area contributed by atoms with Gasteiger partial charge in [-0.3, -0.25) is 4.79 Å². The molecule has 22 heavy (non-hydrogen) atoms. The van der Waals surface area contributed by atoms with E-state index >= 15 is 0 Å². The molecule has 2 aromatic rings. The molecule has 0 saturated heterocycles. The van der Waals surface area contributed by atoms with E-state index in [2.05, 4.69) is 10.5 Å². The van der Waals surface area contributed by atoms with Crippen LogP contribution >= 0.6 is 0 Å². The normalized spacial score (nSPS) is 11.6. The van der Waals surface area contributed by atoms with Crippen LogP contribution < -0.4 is 5.43 Å². The predicted octanol–water partition coefficient (Wildman–Crippen LogP) is 3.78. The highest BCUT2D eigenvalue weighted by molar-refractivity contribution is 5.95. The Balaban J connectivity index is 2.12. The Morgan fingerprint density at radius 3 is 2.55 bits per heavy atom. The number of halogens is 3. The van der Waals surface area contributed by atoms with E-state index in [-0.39, 0.29) is 5.56 Å². The zero-order valence-electron chi connectivity index (χ0n) is 11.7. The van der Waals surface area contributed by atoms with Gasteiger partial charge in [-0.1, -0.05) is 35.9 Å². The molecule has 0 aromatic heterocycles. The first kappa shape index (κ1) is 15.8. The van der Waals surface area contributed by atoms with Crippen molar-refractivity contribution in [1.82, 2.24) is 5.43 Å². The van der Waals surface area contributed by atoms with Crippen LogP contribution in [0.5, 0.6) is 0 Å². The third kappa shape index (κ3) is 3.94. The van der Waals surface area contributed by atoms with Gasteiger partial charge < -0.3 is 0 Å². The fourth-order valence-electron chi connectivity index (χ4n) is 1.88. The number of nitrogens with one attached hydrogen (secondary N) is 1. The molecule has 0 spiro atoms. The lowest BCUT2D eigenvalue weighted by Crippen LogP contribution is -2.18. The second-order valence-corrected chi connectivity index (χ2v) is 4.65. The Labute approximate surface area is 125 Å². The zero-order valence-corrected chi connectivity index (χ0v) is 11.7. The first-order valence-corrected chi connectivity index (χ1v) is 6.44. The monoisotopic (exact) mass is 306 g/mol. The lowest BCUT2D eigenvalue weighted by molar-refractivity contribution is -0.137. The SMILES string of the molecule is Cc1cccc(C(=O)NN=Cc2ccccc2C(F)(F)F)c1. The topological polar surface area (TPSA) is 41.5 Å². The molecule has 0 bridgehead atoms. The van der Waals surface area contributed by atoms with E-state index in [1.54, 1.807) is 18.2 Å². The maximum absolute atomic E-state index is 12.8. The number of amides is 1. The van der Waals surface area contributed by atoms with Gasteiger partial charge >= 0.3 is 6.18 Å². The molecule has 0 atom stereocenters. The summed E-state index contributed by atoms with van der Waals surface area (Å²) in [5, 5.41) is 3.60. The molecule has 0 radical (unpaired) electrons. The van der Waals surface area contributed by atoms with Gasteiger partial charge in [0.2, 0.25) is 0 Å². The van der Waals surface area contributed by atoms with Gasteiger partial charge in [0.05, 0.1) is 11.8 Å². The highest BCUT2D eigenvalue weighted by atomic mass is 19.4. The number of alkyl halides is 3. The Hall–Kier alpha value is -2.63. The molecule has 3 nitrogen and oxygen atoms in total. The van der Waals surface area contributed by atoms with E-state index in [9.17, 15) is 18.0 Å². The molecule has 0 fully saturated rings. The molecule has 0 aliphatic heterocycles. The lowest BCUT2D eigenvalue weighted by atomic mass is 10.1. The minimum absolute atomic E-state index is 0.112. The summed E-state index contributed by atoms with van der Waals surface area (Å²) in [7, 11) is 0. The van der Waals surface area contributed by atoms with Gasteiger partial charge in [-0.2, -0.15) is 18.3 Å². The minimum Gasteiger partial charge on any atom is -0.267 e. The summed E-state index contributed by atoms with van der Waals surface area (Å²) < 4.78 is 38.4. The molecule has 0 aliphatic rings. The van der Waals surface area contributed by atoms with Crippen LogP contribution in [0, 0.1) is 6.92 Å². The standard InChI is InChI=1S/C16H13F3N2O/c1-11-5-4-7-12(9-11)15(22)21-20-10-13-6-2-3-8-14(13)16(17,18)19/h2-10H,1H3,(H,21,22). The second kappa shape index (κ2) is 6.43. The lowest BCUT2D eigenvalue weighted by Gasteiger charge is -2.09. The van der Waals surface area contributed by atoms with Crippen LogP contribution in [0.3, 0.4) is 0 Å². The minimum atomic E-state index is -4.47. The van der Waals surface area contributed by atoms with E-state index in [0.29, 0.717) is 5.56 Å². The highest BCUT2D eigenvalue weighted by Crippen LogP contribution is 2.30. The van der Waals surface area contributed by atoms with Crippen molar-refractivity contribution in [3.8, 4) is 0 Å². The summed E-state index contributed by atoms with van der Waals surface area (Å²) in [5.41, 5.74) is 2.59. The number of rotatable bonds is 3. The largest absolute Gasteiger partial charge is 0.417 e. The van der Waals surface area contributed by atoms with Crippen molar-refractivity contribution in [3.63, 3.8) is 0 Å². The molecule has 1 N–H and O–H groups in total. The van der Waals surface area contributed by atoms with Gasteiger partial charge in [-0.15, -0.1) is 0 Å². The van der Waals surface area contributed by atoms with Gasteiger partial charge in [0.1, 0.15) is 0 Å². The summed E-state index contributed by atoms with van der Waals surface area (Å²) in [6.07, 6.45) is -3.49. The number of nitrogens with zero attached hydrogens (tertiary/aromatic N) is 1. The number of aryl methyl sites for hydroxylation is 1. The van der Waals surface area contributed by atoms with E-state index in [0.717, 1.165) is 17.8 Å². The van der Waals surface area contributed by atoms with Crippen molar-refractivity contribution < 1.29 is 18.0 Å². The summed E-state index contributed by atoms with van der Waals surface area (Å²) in [5.74, 6) is -0.482. The summed E-state index contributed by atoms with van der Waals surface area (Å²) in [6.45, 7) is 1.83. The number of hydrogen-bond acceptors (Lipinski definition) is 2. The Morgan fingerprint density at radius 2 is 1.86 bits per heavy atom. The fraction of sp³-hybridized carbons (Fsp3) is 0.125. The molecule has 0 aliphatic carbocycles. The molecule has 0 saturated carbocycles. The van der Waals surface area contributed by atoms with Crippen LogP contribution in [0.2, 0.25) is 0 Å². The second-order valence-electron chi connectivity index (χ2n) is 4.65. The van der Waals surface area contributed by atoms with Gasteiger partial charge in [-0.05, 0) is 25.1 Å². The van der Waals surface area contributed by atoms with Crippen LogP contribution in [-0.2, 0) is 6.18 Å². The van der Waals surface area contributed by atoms with Crippen molar-refractivity contribution in [3.05, 3.63) is 70.8 Å². The zero-order chi connectivity index (χ0) is 16.2. The third-order valence-corrected chi connectivity index (χ3v) is 2.92. The number of hydrazone groups is 1. The smallest absolute Gasteiger partial charge is 0.267 e. The molecule has 2 aromatic carbocycles. The molecular weight excluding hydrogens is 293 g/mol. The van der Waals surface area contributed by atoms with Crippen molar-refractivity contribution in [1.29, 1.82) is 0 Å². The van der Waals surface area contributed by atoms with Crippen LogP contribution in [-0.4, -0.2) is 12.1 Å². The molecular formula is C16H13F3N2O. The first-order chi connectivity index (χ1) is 10.4. The average molecular weight is 306 g/mol. The molecule has 0 unspecified atom stereocenters. The van der Waals surface area contributed by atoms with E-state index in [1.807, 2.05) is 13.0 Å². The van der Waals surface area contributed by atoms with Crippen molar-refractivity contribution in [2.75, 3.05) is 0 Å². The van der Waals surface area contributed by atoms with Gasteiger partial charge in [-0.25, -0.2) is 5.43 Å². The fourth-order valence-corrected chi connectivity index (χ4v) is 1.88. The summed E-state index contributed by atoms with van der Waals surface area (Å²) in [4.78, 5) is 11.8.